The first-order valence-corrected chi connectivity index (χ1v) is 12.6. The van der Waals surface area contributed by atoms with Gasteiger partial charge in [0.15, 0.2) is 0 Å². The Morgan fingerprint density at radius 1 is 0.655 bits per heavy atom. The highest BCUT2D eigenvalue weighted by molar-refractivity contribution is 5.13. The normalized spacial score (nSPS) is 12.3. The van der Waals surface area contributed by atoms with Crippen LogP contribution in [0.2, 0.25) is 0 Å². The third kappa shape index (κ3) is 16.6. The van der Waals surface area contributed by atoms with E-state index in [9.17, 15) is 0 Å². The minimum atomic E-state index is 0.210. The van der Waals surface area contributed by atoms with Gasteiger partial charge in [0, 0.05) is 6.61 Å². The van der Waals surface area contributed by atoms with Crippen molar-refractivity contribution in [3.8, 4) is 0 Å². The molecule has 0 bridgehead atoms. The van der Waals surface area contributed by atoms with Crippen molar-refractivity contribution in [2.45, 2.75) is 123 Å². The van der Waals surface area contributed by atoms with Crippen molar-refractivity contribution >= 4 is 0 Å². The monoisotopic (exact) mass is 404 g/mol. The van der Waals surface area contributed by atoms with Gasteiger partial charge in [0.25, 0.3) is 0 Å². The third-order valence-electron chi connectivity index (χ3n) is 5.73. The number of unbranched alkanes of at least 4 members (excludes halogenated alkanes) is 13. The van der Waals surface area contributed by atoms with E-state index in [4.69, 9.17) is 9.47 Å². The van der Waals surface area contributed by atoms with Gasteiger partial charge in [0.05, 0.1) is 19.3 Å². The average molecular weight is 405 g/mol. The molecule has 0 saturated carbocycles. The minimum absolute atomic E-state index is 0.210. The molecule has 0 fully saturated rings. The molecule has 0 aliphatic carbocycles. The summed E-state index contributed by atoms with van der Waals surface area (Å²) in [7, 11) is 0. The van der Waals surface area contributed by atoms with Crippen LogP contribution in [0.4, 0.5) is 0 Å². The summed E-state index contributed by atoms with van der Waals surface area (Å²) in [6.45, 7) is 6.75. The maximum atomic E-state index is 5.98. The lowest BCUT2D eigenvalue weighted by Crippen LogP contribution is -2.19. The zero-order valence-corrected chi connectivity index (χ0v) is 19.5. The molecule has 2 nitrogen and oxygen atoms in total. The molecule has 168 valence electrons. The van der Waals surface area contributed by atoms with Gasteiger partial charge in [-0.25, -0.2) is 0 Å². The Hall–Kier alpha value is -0.860. The average Bonchev–Trinajstić information content (AvgIpc) is 2.76. The number of rotatable bonds is 21. The van der Waals surface area contributed by atoms with Crippen LogP contribution in [0.5, 0.6) is 0 Å². The number of hydrogen-bond acceptors (Lipinski definition) is 2. The van der Waals surface area contributed by atoms with Crippen LogP contribution >= 0.6 is 0 Å². The van der Waals surface area contributed by atoms with Crippen LogP contribution < -0.4 is 0 Å². The molecule has 0 radical (unpaired) electrons. The first-order valence-electron chi connectivity index (χ1n) is 12.6. The summed E-state index contributed by atoms with van der Waals surface area (Å²) in [5.74, 6) is 0. The Morgan fingerprint density at radius 2 is 1.17 bits per heavy atom. The van der Waals surface area contributed by atoms with Crippen molar-refractivity contribution in [2.24, 2.45) is 0 Å². The Balaban J connectivity index is 1.81. The van der Waals surface area contributed by atoms with Gasteiger partial charge in [0.1, 0.15) is 0 Å². The van der Waals surface area contributed by atoms with Crippen LogP contribution in [0, 0.1) is 0 Å². The highest BCUT2D eigenvalue weighted by Crippen LogP contribution is 2.13. The van der Waals surface area contributed by atoms with E-state index in [-0.39, 0.29) is 6.10 Å². The van der Waals surface area contributed by atoms with Crippen molar-refractivity contribution in [1.29, 1.82) is 0 Å². The standard InChI is InChI=1S/C27H48O2/c1-3-5-6-7-8-9-10-11-12-13-14-15-16-20-23-28-25-27(4-2)29-24-26-21-18-17-19-22-26/h17-19,21-22,27H,3-16,20,23-25H2,1-2H3. The van der Waals surface area contributed by atoms with Gasteiger partial charge in [-0.2, -0.15) is 0 Å². The quantitative estimate of drug-likeness (QED) is 0.191. The summed E-state index contributed by atoms with van der Waals surface area (Å²) in [5, 5.41) is 0. The van der Waals surface area contributed by atoms with Crippen molar-refractivity contribution in [3.05, 3.63) is 35.9 Å². The predicted octanol–water partition coefficient (Wildman–Crippen LogP) is 8.48. The fourth-order valence-corrected chi connectivity index (χ4v) is 3.69. The van der Waals surface area contributed by atoms with E-state index in [1.165, 1.54) is 95.5 Å². The van der Waals surface area contributed by atoms with Crippen LogP contribution in [0.25, 0.3) is 0 Å². The number of benzene rings is 1. The van der Waals surface area contributed by atoms with Gasteiger partial charge >= 0.3 is 0 Å². The van der Waals surface area contributed by atoms with E-state index >= 15 is 0 Å². The second-order valence-corrected chi connectivity index (χ2v) is 8.50. The molecule has 1 aromatic carbocycles. The molecule has 1 aromatic rings. The zero-order valence-electron chi connectivity index (χ0n) is 19.5. The molecule has 0 aromatic heterocycles. The molecule has 0 amide bonds. The van der Waals surface area contributed by atoms with Gasteiger partial charge in [0.2, 0.25) is 0 Å². The van der Waals surface area contributed by atoms with Gasteiger partial charge in [-0.15, -0.1) is 0 Å². The molecular weight excluding hydrogens is 356 g/mol. The van der Waals surface area contributed by atoms with Crippen LogP contribution in [-0.4, -0.2) is 19.3 Å². The van der Waals surface area contributed by atoms with Crippen molar-refractivity contribution in [3.63, 3.8) is 0 Å². The fourth-order valence-electron chi connectivity index (χ4n) is 3.69. The smallest absolute Gasteiger partial charge is 0.0810 e. The topological polar surface area (TPSA) is 18.5 Å². The lowest BCUT2D eigenvalue weighted by Gasteiger charge is -2.16. The molecule has 2 heteroatoms. The van der Waals surface area contributed by atoms with Gasteiger partial charge in [-0.1, -0.05) is 128 Å². The van der Waals surface area contributed by atoms with E-state index < -0.39 is 0 Å². The largest absolute Gasteiger partial charge is 0.379 e. The van der Waals surface area contributed by atoms with Crippen molar-refractivity contribution in [2.75, 3.05) is 13.2 Å². The van der Waals surface area contributed by atoms with Crippen LogP contribution in [0.3, 0.4) is 0 Å². The summed E-state index contributed by atoms with van der Waals surface area (Å²) >= 11 is 0. The zero-order chi connectivity index (χ0) is 20.8. The first-order chi connectivity index (χ1) is 14.4. The number of ether oxygens (including phenoxy) is 2. The number of hydrogen-bond donors (Lipinski definition) is 0. The summed E-state index contributed by atoms with van der Waals surface area (Å²) in [5.41, 5.74) is 1.23. The predicted molar refractivity (Wildman–Crippen MR) is 126 cm³/mol. The summed E-state index contributed by atoms with van der Waals surface area (Å²) < 4.78 is 11.8. The Morgan fingerprint density at radius 3 is 1.69 bits per heavy atom. The lowest BCUT2D eigenvalue weighted by atomic mass is 10.0. The van der Waals surface area contributed by atoms with E-state index in [2.05, 4.69) is 38.1 Å². The molecule has 0 saturated heterocycles. The molecule has 0 aliphatic rings. The molecule has 0 spiro atoms. The highest BCUT2D eigenvalue weighted by Gasteiger charge is 2.07. The Labute approximate surface area is 181 Å². The molecule has 0 aliphatic heterocycles. The van der Waals surface area contributed by atoms with Gasteiger partial charge < -0.3 is 9.47 Å². The van der Waals surface area contributed by atoms with Gasteiger partial charge in [-0.3, -0.25) is 0 Å². The SMILES string of the molecule is CCCCCCCCCCCCCCCCOCC(CC)OCc1ccccc1. The Bertz CT molecular complexity index is 431. The second kappa shape index (κ2) is 20.4. The van der Waals surface area contributed by atoms with E-state index in [1.54, 1.807) is 0 Å². The minimum Gasteiger partial charge on any atom is -0.379 e. The molecule has 1 unspecified atom stereocenters. The molecule has 0 N–H and O–H groups in total. The second-order valence-electron chi connectivity index (χ2n) is 8.50. The fraction of sp³-hybridized carbons (Fsp3) is 0.778. The van der Waals surface area contributed by atoms with Crippen LogP contribution in [0.15, 0.2) is 30.3 Å². The van der Waals surface area contributed by atoms with Gasteiger partial charge in [-0.05, 0) is 18.4 Å². The molecule has 0 heterocycles. The van der Waals surface area contributed by atoms with Crippen molar-refractivity contribution in [1.82, 2.24) is 0 Å². The maximum Gasteiger partial charge on any atom is 0.0810 e. The maximum absolute atomic E-state index is 5.98. The van der Waals surface area contributed by atoms with Crippen LogP contribution in [-0.2, 0) is 16.1 Å². The van der Waals surface area contributed by atoms with Crippen LogP contribution in [0.1, 0.15) is 116 Å². The summed E-state index contributed by atoms with van der Waals surface area (Å²) in [4.78, 5) is 0. The highest BCUT2D eigenvalue weighted by atomic mass is 16.5. The molecule has 29 heavy (non-hydrogen) atoms. The lowest BCUT2D eigenvalue weighted by molar-refractivity contribution is -0.0269. The van der Waals surface area contributed by atoms with E-state index in [1.807, 2.05) is 6.07 Å². The third-order valence-corrected chi connectivity index (χ3v) is 5.73. The first kappa shape index (κ1) is 26.2. The molecule has 1 atom stereocenters. The van der Waals surface area contributed by atoms with E-state index in [0.717, 1.165) is 19.6 Å². The molecule has 1 rings (SSSR count). The molecular formula is C27H48O2. The van der Waals surface area contributed by atoms with Crippen molar-refractivity contribution < 1.29 is 9.47 Å². The summed E-state index contributed by atoms with van der Waals surface area (Å²) in [6.07, 6.45) is 20.8. The Kier molecular flexibility index (Phi) is 18.4. The van der Waals surface area contributed by atoms with E-state index in [0.29, 0.717) is 6.61 Å². The summed E-state index contributed by atoms with van der Waals surface area (Å²) in [6, 6.07) is 10.4.